The number of nitrogens with one attached hydrogen (secondary N) is 2. The number of aryl methyl sites for hydroxylation is 1. The van der Waals surface area contributed by atoms with Crippen molar-refractivity contribution >= 4 is 11.8 Å². The molecule has 6 heteroatoms. The first-order chi connectivity index (χ1) is 10.9. The van der Waals surface area contributed by atoms with Crippen molar-refractivity contribution in [3.8, 4) is 5.88 Å². The van der Waals surface area contributed by atoms with Crippen LogP contribution in [0.4, 0.5) is 10.6 Å². The van der Waals surface area contributed by atoms with Crippen molar-refractivity contribution in [2.45, 2.75) is 25.8 Å². The molecule has 2 N–H and O–H groups in total. The molecule has 0 spiro atoms. The molecule has 2 atom stereocenters. The Kier molecular flexibility index (Phi) is 3.75. The summed E-state index contributed by atoms with van der Waals surface area (Å²) < 4.78 is 6.71. The summed E-state index contributed by atoms with van der Waals surface area (Å²) >= 11 is 0. The van der Waals surface area contributed by atoms with Crippen molar-refractivity contribution in [3.05, 3.63) is 42.0 Å². The Hall–Kier alpha value is -2.50. The molecule has 1 fully saturated rings. The van der Waals surface area contributed by atoms with E-state index < -0.39 is 0 Å². The fourth-order valence-electron chi connectivity index (χ4n) is 3.19. The van der Waals surface area contributed by atoms with Crippen LogP contribution in [0.2, 0.25) is 0 Å². The van der Waals surface area contributed by atoms with E-state index >= 15 is 0 Å². The minimum absolute atomic E-state index is 0.0422. The highest BCUT2D eigenvalue weighted by Gasteiger charge is 2.59. The molecule has 2 aromatic rings. The van der Waals surface area contributed by atoms with Crippen LogP contribution in [0.1, 0.15) is 25.3 Å². The zero-order valence-electron chi connectivity index (χ0n) is 13.8. The van der Waals surface area contributed by atoms with E-state index in [9.17, 15) is 4.79 Å². The number of hydrogen-bond donors (Lipinski definition) is 2. The highest BCUT2D eigenvalue weighted by molar-refractivity contribution is 5.89. The van der Waals surface area contributed by atoms with Crippen LogP contribution in [0.25, 0.3) is 0 Å². The Bertz CT molecular complexity index is 709. The second-order valence-electron chi connectivity index (χ2n) is 6.48. The minimum Gasteiger partial charge on any atom is -0.481 e. The number of amides is 2. The van der Waals surface area contributed by atoms with Crippen LogP contribution < -0.4 is 15.4 Å². The average Bonchev–Trinajstić information content (AvgIpc) is 2.86. The summed E-state index contributed by atoms with van der Waals surface area (Å²) in [7, 11) is 3.33. The molecule has 23 heavy (non-hydrogen) atoms. The van der Waals surface area contributed by atoms with Gasteiger partial charge in [-0.3, -0.25) is 5.32 Å². The molecule has 1 aromatic carbocycles. The van der Waals surface area contributed by atoms with E-state index in [-0.39, 0.29) is 17.5 Å². The minimum atomic E-state index is -0.248. The van der Waals surface area contributed by atoms with Crippen molar-refractivity contribution in [3.63, 3.8) is 0 Å². The third-order valence-electron chi connectivity index (χ3n) is 4.56. The van der Waals surface area contributed by atoms with Gasteiger partial charge in [0.1, 0.15) is 0 Å². The Morgan fingerprint density at radius 1 is 1.30 bits per heavy atom. The van der Waals surface area contributed by atoms with E-state index in [0.29, 0.717) is 17.6 Å². The average molecular weight is 314 g/mol. The molecule has 1 heterocycles. The van der Waals surface area contributed by atoms with Crippen LogP contribution in [0.5, 0.6) is 5.88 Å². The molecule has 1 saturated carbocycles. The van der Waals surface area contributed by atoms with Gasteiger partial charge in [0.15, 0.2) is 5.82 Å². The SMILES string of the molecule is COc1cc(NC(=O)N[C@@H]2[C@@H](c3ccccc3)C2(C)C)nn1C. The fourth-order valence-corrected chi connectivity index (χ4v) is 3.19. The van der Waals surface area contributed by atoms with Gasteiger partial charge in [-0.25, -0.2) is 9.48 Å². The fraction of sp³-hybridized carbons (Fsp3) is 0.412. The van der Waals surface area contributed by atoms with Crippen molar-refractivity contribution in [1.82, 2.24) is 15.1 Å². The van der Waals surface area contributed by atoms with Gasteiger partial charge in [0.2, 0.25) is 5.88 Å². The molecule has 0 aliphatic heterocycles. The van der Waals surface area contributed by atoms with Gasteiger partial charge in [0.25, 0.3) is 0 Å². The van der Waals surface area contributed by atoms with E-state index in [1.54, 1.807) is 24.9 Å². The molecule has 2 amide bonds. The number of nitrogens with zero attached hydrogens (tertiary/aromatic N) is 2. The summed E-state index contributed by atoms with van der Waals surface area (Å²) in [6, 6.07) is 11.8. The predicted molar refractivity (Wildman–Crippen MR) is 88.7 cm³/mol. The molecule has 122 valence electrons. The summed E-state index contributed by atoms with van der Waals surface area (Å²) in [5.74, 6) is 1.39. The molecule has 1 aliphatic carbocycles. The second kappa shape index (κ2) is 5.61. The number of ether oxygens (including phenoxy) is 1. The molecule has 1 aromatic heterocycles. The molecule has 0 saturated heterocycles. The lowest BCUT2D eigenvalue weighted by Crippen LogP contribution is -2.33. The van der Waals surface area contributed by atoms with Gasteiger partial charge >= 0.3 is 6.03 Å². The van der Waals surface area contributed by atoms with E-state index in [4.69, 9.17) is 4.74 Å². The maximum absolute atomic E-state index is 12.2. The van der Waals surface area contributed by atoms with Crippen LogP contribution in [0.15, 0.2) is 36.4 Å². The van der Waals surface area contributed by atoms with Gasteiger partial charge in [-0.15, -0.1) is 0 Å². The standard InChI is InChI=1S/C17H22N4O2/c1-17(2)14(11-8-6-5-7-9-11)15(17)19-16(22)18-12-10-13(23-4)21(3)20-12/h5-10,14-15H,1-4H3,(H2,18,19,20,22)/t14-,15-/m1/s1. The molecular weight excluding hydrogens is 292 g/mol. The molecule has 6 nitrogen and oxygen atoms in total. The summed E-state index contributed by atoms with van der Waals surface area (Å²) in [5, 5.41) is 9.99. The summed E-state index contributed by atoms with van der Waals surface area (Å²) in [5.41, 5.74) is 1.29. The number of urea groups is 1. The second-order valence-corrected chi connectivity index (χ2v) is 6.48. The zero-order chi connectivity index (χ0) is 16.6. The third-order valence-corrected chi connectivity index (χ3v) is 4.56. The number of rotatable bonds is 4. The van der Waals surface area contributed by atoms with Gasteiger partial charge in [-0.2, -0.15) is 5.10 Å². The Morgan fingerprint density at radius 2 is 2.00 bits per heavy atom. The van der Waals surface area contributed by atoms with Crippen LogP contribution in [0, 0.1) is 5.41 Å². The first-order valence-corrected chi connectivity index (χ1v) is 7.64. The van der Waals surface area contributed by atoms with E-state index in [0.717, 1.165) is 0 Å². The number of aromatic nitrogens is 2. The summed E-state index contributed by atoms with van der Waals surface area (Å²) in [4.78, 5) is 12.2. The van der Waals surface area contributed by atoms with Gasteiger partial charge in [-0.05, 0) is 11.0 Å². The van der Waals surface area contributed by atoms with Crippen molar-refractivity contribution < 1.29 is 9.53 Å². The lowest BCUT2D eigenvalue weighted by Gasteiger charge is -2.06. The Morgan fingerprint density at radius 3 is 2.61 bits per heavy atom. The highest BCUT2D eigenvalue weighted by atomic mass is 16.5. The lowest BCUT2D eigenvalue weighted by atomic mass is 10.0. The quantitative estimate of drug-likeness (QED) is 0.912. The first-order valence-electron chi connectivity index (χ1n) is 7.64. The molecule has 1 aliphatic rings. The normalized spacial score (nSPS) is 21.6. The zero-order valence-corrected chi connectivity index (χ0v) is 13.8. The van der Waals surface area contributed by atoms with E-state index in [1.807, 2.05) is 18.2 Å². The van der Waals surface area contributed by atoms with E-state index in [1.165, 1.54) is 5.56 Å². The van der Waals surface area contributed by atoms with Crippen LogP contribution in [-0.2, 0) is 7.05 Å². The summed E-state index contributed by atoms with van der Waals surface area (Å²) in [6.45, 7) is 4.33. The van der Waals surface area contributed by atoms with Crippen LogP contribution in [0.3, 0.4) is 0 Å². The Labute approximate surface area is 135 Å². The molecule has 0 radical (unpaired) electrons. The lowest BCUT2D eigenvalue weighted by molar-refractivity contribution is 0.250. The smallest absolute Gasteiger partial charge is 0.320 e. The highest BCUT2D eigenvalue weighted by Crippen LogP contribution is 2.58. The number of methoxy groups -OCH3 is 1. The molecule has 3 rings (SSSR count). The third kappa shape index (κ3) is 2.88. The van der Waals surface area contributed by atoms with Crippen molar-refractivity contribution in [2.75, 3.05) is 12.4 Å². The summed E-state index contributed by atoms with van der Waals surface area (Å²) in [6.07, 6.45) is 0. The van der Waals surface area contributed by atoms with Crippen molar-refractivity contribution in [1.29, 1.82) is 0 Å². The van der Waals surface area contributed by atoms with Gasteiger partial charge in [-0.1, -0.05) is 44.2 Å². The largest absolute Gasteiger partial charge is 0.481 e. The van der Waals surface area contributed by atoms with Crippen LogP contribution in [-0.4, -0.2) is 29.0 Å². The van der Waals surface area contributed by atoms with Crippen molar-refractivity contribution in [2.24, 2.45) is 12.5 Å². The Balaban J connectivity index is 1.64. The van der Waals surface area contributed by atoms with Crippen LogP contribution >= 0.6 is 0 Å². The number of benzene rings is 1. The molecular formula is C17H22N4O2. The number of carbonyl (C=O) groups is 1. The number of carbonyl (C=O) groups excluding carboxylic acids is 1. The maximum Gasteiger partial charge on any atom is 0.320 e. The number of anilines is 1. The monoisotopic (exact) mass is 314 g/mol. The van der Waals surface area contributed by atoms with E-state index in [2.05, 4.69) is 41.7 Å². The topological polar surface area (TPSA) is 68.2 Å². The molecule has 0 unspecified atom stereocenters. The van der Waals surface area contributed by atoms with Gasteiger partial charge in [0.05, 0.1) is 7.11 Å². The molecule has 0 bridgehead atoms. The maximum atomic E-state index is 12.2. The van der Waals surface area contributed by atoms with Gasteiger partial charge in [0, 0.05) is 25.1 Å². The first kappa shape index (κ1) is 15.4. The van der Waals surface area contributed by atoms with Gasteiger partial charge < -0.3 is 10.1 Å². The number of hydrogen-bond acceptors (Lipinski definition) is 3. The predicted octanol–water partition coefficient (Wildman–Crippen LogP) is 2.74.